The molecular weight excluding hydrogens is 515 g/mol. The molecule has 37 heavy (non-hydrogen) atoms. The number of methoxy groups -OCH3 is 1. The molecule has 0 aliphatic carbocycles. The van der Waals surface area contributed by atoms with Gasteiger partial charge in [-0.05, 0) is 38.1 Å². The maximum Gasteiger partial charge on any atom is 0.124 e. The van der Waals surface area contributed by atoms with Crippen LogP contribution in [0.4, 0.5) is 0 Å². The van der Waals surface area contributed by atoms with Crippen LogP contribution < -0.4 is 4.74 Å². The monoisotopic (exact) mass is 537 g/mol. The first-order valence-electron chi connectivity index (χ1n) is 11.8. The molecule has 0 aliphatic rings. The van der Waals surface area contributed by atoms with Gasteiger partial charge in [-0.3, -0.25) is 0 Å². The molecule has 182 valence electrons. The van der Waals surface area contributed by atoms with Crippen molar-refractivity contribution in [2.75, 3.05) is 7.11 Å². The Bertz CT molecular complexity index is 1570. The van der Waals surface area contributed by atoms with Crippen molar-refractivity contribution >= 4 is 34.0 Å². The number of thiazole rings is 3. The molecule has 0 amide bonds. The van der Waals surface area contributed by atoms with Gasteiger partial charge in [0.25, 0.3) is 0 Å². The van der Waals surface area contributed by atoms with E-state index in [9.17, 15) is 0 Å². The summed E-state index contributed by atoms with van der Waals surface area (Å²) in [6.45, 7) is 4.26. The Hall–Kier alpha value is -3.65. The fourth-order valence-electron chi connectivity index (χ4n) is 4.13. The van der Waals surface area contributed by atoms with Gasteiger partial charge in [0.1, 0.15) is 32.2 Å². The number of hydrogen-bond donors (Lipinski definition) is 0. The van der Waals surface area contributed by atoms with E-state index in [4.69, 9.17) is 19.7 Å². The van der Waals surface area contributed by atoms with Crippen molar-refractivity contribution in [3.05, 3.63) is 94.7 Å². The average molecular weight is 538 g/mol. The summed E-state index contributed by atoms with van der Waals surface area (Å²) in [5.74, 6) is 0.825. The van der Waals surface area contributed by atoms with Crippen LogP contribution in [-0.2, 0) is 0 Å². The van der Waals surface area contributed by atoms with Crippen molar-refractivity contribution in [3.8, 4) is 59.4 Å². The Morgan fingerprint density at radius 3 is 1.54 bits per heavy atom. The molecule has 0 aliphatic heterocycles. The van der Waals surface area contributed by atoms with Gasteiger partial charge >= 0.3 is 0 Å². The van der Waals surface area contributed by atoms with Crippen LogP contribution in [0.5, 0.6) is 5.75 Å². The van der Waals surface area contributed by atoms with Gasteiger partial charge in [0.05, 0.1) is 17.7 Å². The largest absolute Gasteiger partial charge is 0.497 e. The summed E-state index contributed by atoms with van der Waals surface area (Å²) in [5, 5.41) is 2.95. The van der Waals surface area contributed by atoms with E-state index in [0.29, 0.717) is 0 Å². The highest BCUT2D eigenvalue weighted by atomic mass is 32.1. The lowest BCUT2D eigenvalue weighted by atomic mass is 10.2. The minimum absolute atomic E-state index is 0.825. The fraction of sp³-hybridized carbons (Fsp3) is 0.100. The number of aromatic nitrogens is 3. The Labute approximate surface area is 228 Å². The van der Waals surface area contributed by atoms with Gasteiger partial charge in [-0.25, -0.2) is 15.0 Å². The predicted molar refractivity (Wildman–Crippen MR) is 157 cm³/mol. The van der Waals surface area contributed by atoms with Gasteiger partial charge in [0.2, 0.25) is 0 Å². The fourth-order valence-corrected chi connectivity index (χ4v) is 7.16. The van der Waals surface area contributed by atoms with E-state index in [0.717, 1.165) is 64.3 Å². The molecule has 6 rings (SSSR count). The van der Waals surface area contributed by atoms with E-state index in [-0.39, 0.29) is 0 Å². The van der Waals surface area contributed by atoms with Gasteiger partial charge in [-0.2, -0.15) is 0 Å². The number of hydrogen-bond acceptors (Lipinski definition) is 7. The van der Waals surface area contributed by atoms with Crippen molar-refractivity contribution in [2.24, 2.45) is 0 Å². The third kappa shape index (κ3) is 4.62. The first-order chi connectivity index (χ1) is 18.1. The quantitative estimate of drug-likeness (QED) is 0.213. The lowest BCUT2D eigenvalue weighted by Gasteiger charge is -2.00. The molecule has 0 N–H and O–H groups in total. The standard InChI is InChI=1S/C30H23N3OS3/c1-18-24(31-28(35-18)20-10-6-4-7-11-20)26-27(37-30(33-26)22-14-16-23(34-3)17-15-22)25-19(2)36-29(32-25)21-12-8-5-9-13-21/h4-17H,1-3H3. The van der Waals surface area contributed by atoms with E-state index < -0.39 is 0 Å². The first-order valence-corrected chi connectivity index (χ1v) is 14.3. The summed E-state index contributed by atoms with van der Waals surface area (Å²) >= 11 is 5.08. The van der Waals surface area contributed by atoms with Crippen molar-refractivity contribution in [2.45, 2.75) is 13.8 Å². The predicted octanol–water partition coefficient (Wildman–Crippen LogP) is 9.02. The topological polar surface area (TPSA) is 47.9 Å². The van der Waals surface area contributed by atoms with Gasteiger partial charge in [0.15, 0.2) is 0 Å². The molecule has 6 aromatic rings. The summed E-state index contributed by atoms with van der Waals surface area (Å²) < 4.78 is 5.36. The molecular formula is C30H23N3OS3. The number of benzene rings is 3. The van der Waals surface area contributed by atoms with Crippen LogP contribution in [0.15, 0.2) is 84.9 Å². The second-order valence-electron chi connectivity index (χ2n) is 8.50. The molecule has 7 heteroatoms. The molecule has 3 heterocycles. The highest BCUT2D eigenvalue weighted by Crippen LogP contribution is 2.45. The van der Waals surface area contributed by atoms with Gasteiger partial charge in [-0.15, -0.1) is 34.0 Å². The first kappa shape index (κ1) is 23.7. The number of nitrogens with zero attached hydrogens (tertiary/aromatic N) is 3. The number of aryl methyl sites for hydroxylation is 2. The number of rotatable bonds is 6. The second-order valence-corrected chi connectivity index (χ2v) is 11.9. The molecule has 0 spiro atoms. The number of ether oxygens (including phenoxy) is 1. The summed E-state index contributed by atoms with van der Waals surface area (Å²) in [6.07, 6.45) is 0. The summed E-state index contributed by atoms with van der Waals surface area (Å²) in [4.78, 5) is 18.7. The molecule has 3 aromatic carbocycles. The van der Waals surface area contributed by atoms with Crippen molar-refractivity contribution in [3.63, 3.8) is 0 Å². The van der Waals surface area contributed by atoms with Crippen LogP contribution in [0, 0.1) is 13.8 Å². The van der Waals surface area contributed by atoms with E-state index in [1.807, 2.05) is 36.4 Å². The smallest absolute Gasteiger partial charge is 0.124 e. The zero-order valence-electron chi connectivity index (χ0n) is 20.6. The van der Waals surface area contributed by atoms with Gasteiger partial charge in [-0.1, -0.05) is 60.7 Å². The highest BCUT2D eigenvalue weighted by Gasteiger charge is 2.24. The van der Waals surface area contributed by atoms with E-state index in [1.54, 1.807) is 41.1 Å². The van der Waals surface area contributed by atoms with Crippen LogP contribution in [0.1, 0.15) is 9.75 Å². The highest BCUT2D eigenvalue weighted by molar-refractivity contribution is 7.20. The van der Waals surface area contributed by atoms with E-state index in [2.05, 4.69) is 62.4 Å². The molecule has 0 unspecified atom stereocenters. The average Bonchev–Trinajstić information content (AvgIpc) is 3.66. The van der Waals surface area contributed by atoms with Crippen LogP contribution in [0.2, 0.25) is 0 Å². The van der Waals surface area contributed by atoms with E-state index >= 15 is 0 Å². The zero-order valence-corrected chi connectivity index (χ0v) is 23.0. The summed E-state index contributed by atoms with van der Waals surface area (Å²) in [5.41, 5.74) is 6.07. The molecule has 3 aromatic heterocycles. The minimum Gasteiger partial charge on any atom is -0.497 e. The maximum atomic E-state index is 5.36. The Morgan fingerprint density at radius 2 is 0.973 bits per heavy atom. The summed E-state index contributed by atoms with van der Waals surface area (Å²) in [6, 6.07) is 28.7. The molecule has 0 saturated heterocycles. The normalized spacial score (nSPS) is 11.1. The van der Waals surface area contributed by atoms with Crippen LogP contribution in [0.3, 0.4) is 0 Å². The Kier molecular flexibility index (Phi) is 6.42. The summed E-state index contributed by atoms with van der Waals surface area (Å²) in [7, 11) is 1.68. The van der Waals surface area contributed by atoms with Crippen molar-refractivity contribution in [1.29, 1.82) is 0 Å². The van der Waals surface area contributed by atoms with Crippen LogP contribution in [0.25, 0.3) is 53.7 Å². The second kappa shape index (κ2) is 10.0. The Balaban J connectivity index is 1.51. The molecule has 0 fully saturated rings. The molecule has 0 atom stereocenters. The minimum atomic E-state index is 0.825. The maximum absolute atomic E-state index is 5.36. The van der Waals surface area contributed by atoms with Gasteiger partial charge in [0, 0.05) is 26.4 Å². The van der Waals surface area contributed by atoms with Crippen molar-refractivity contribution < 1.29 is 4.74 Å². The molecule has 0 bridgehead atoms. The zero-order chi connectivity index (χ0) is 25.4. The lowest BCUT2D eigenvalue weighted by Crippen LogP contribution is -1.87. The Morgan fingerprint density at radius 1 is 0.514 bits per heavy atom. The molecule has 0 radical (unpaired) electrons. The van der Waals surface area contributed by atoms with Crippen LogP contribution in [-0.4, -0.2) is 22.1 Å². The van der Waals surface area contributed by atoms with Crippen molar-refractivity contribution in [1.82, 2.24) is 15.0 Å². The SMILES string of the molecule is COc1ccc(-c2nc(-c3nc(-c4ccccc4)sc3C)c(-c3nc(-c4ccccc4)sc3C)s2)cc1. The molecule has 0 saturated carbocycles. The molecule has 4 nitrogen and oxygen atoms in total. The van der Waals surface area contributed by atoms with E-state index in [1.165, 1.54) is 4.88 Å². The third-order valence-electron chi connectivity index (χ3n) is 6.04. The lowest BCUT2D eigenvalue weighted by molar-refractivity contribution is 0.415. The third-order valence-corrected chi connectivity index (χ3v) is 9.19. The van der Waals surface area contributed by atoms with Crippen LogP contribution >= 0.6 is 34.0 Å². The van der Waals surface area contributed by atoms with Gasteiger partial charge < -0.3 is 4.74 Å².